The zero-order chi connectivity index (χ0) is 11.5. The van der Waals surface area contributed by atoms with Crippen molar-refractivity contribution >= 4 is 5.69 Å². The van der Waals surface area contributed by atoms with Crippen LogP contribution in [0.25, 0.3) is 0 Å². The molecule has 0 aliphatic rings. The highest BCUT2D eigenvalue weighted by Gasteiger charge is 2.26. The Labute approximate surface area is 87.3 Å². The standard InChI is InChI=1S/C11H14F3N/c1-8(2)7-9-3-5-10(6-4-9)15-11(12,13)14/h3-6,8,15H,7H2,1-2H3. The van der Waals surface area contributed by atoms with Crippen molar-refractivity contribution in [1.82, 2.24) is 0 Å². The van der Waals surface area contributed by atoms with E-state index in [9.17, 15) is 13.2 Å². The minimum absolute atomic E-state index is 0.0787. The Morgan fingerprint density at radius 1 is 1.13 bits per heavy atom. The molecule has 1 rings (SSSR count). The summed E-state index contributed by atoms with van der Waals surface area (Å²) in [5.41, 5.74) is 1.13. The lowest BCUT2D eigenvalue weighted by Gasteiger charge is -2.10. The summed E-state index contributed by atoms with van der Waals surface area (Å²) in [5.74, 6) is 0.506. The van der Waals surface area contributed by atoms with Gasteiger partial charge in [-0.25, -0.2) is 0 Å². The van der Waals surface area contributed by atoms with Crippen LogP contribution in [0.3, 0.4) is 0 Å². The predicted molar refractivity (Wildman–Crippen MR) is 54.7 cm³/mol. The quantitative estimate of drug-likeness (QED) is 0.759. The molecule has 0 aliphatic carbocycles. The Kier molecular flexibility index (Phi) is 3.61. The maximum atomic E-state index is 11.9. The van der Waals surface area contributed by atoms with Crippen molar-refractivity contribution in [2.45, 2.75) is 26.6 Å². The van der Waals surface area contributed by atoms with Gasteiger partial charge in [-0.15, -0.1) is 0 Å². The smallest absolute Gasteiger partial charge is 0.298 e. The monoisotopic (exact) mass is 217 g/mol. The number of nitrogens with one attached hydrogen (secondary N) is 1. The zero-order valence-corrected chi connectivity index (χ0v) is 8.73. The van der Waals surface area contributed by atoms with Gasteiger partial charge in [0, 0.05) is 5.69 Å². The van der Waals surface area contributed by atoms with Gasteiger partial charge >= 0.3 is 6.30 Å². The summed E-state index contributed by atoms with van der Waals surface area (Å²) in [6.07, 6.45) is -3.48. The van der Waals surface area contributed by atoms with E-state index >= 15 is 0 Å². The second-order valence-electron chi connectivity index (χ2n) is 3.92. The summed E-state index contributed by atoms with van der Waals surface area (Å²) in [5, 5.41) is 1.46. The summed E-state index contributed by atoms with van der Waals surface area (Å²) in [4.78, 5) is 0. The summed E-state index contributed by atoms with van der Waals surface area (Å²) in [6.45, 7) is 4.14. The van der Waals surface area contributed by atoms with Gasteiger partial charge in [-0.05, 0) is 30.0 Å². The molecule has 1 aromatic carbocycles. The molecule has 0 saturated carbocycles. The fourth-order valence-corrected chi connectivity index (χ4v) is 1.36. The van der Waals surface area contributed by atoms with E-state index in [1.54, 1.807) is 12.1 Å². The lowest BCUT2D eigenvalue weighted by atomic mass is 10.0. The van der Waals surface area contributed by atoms with E-state index in [0.29, 0.717) is 5.92 Å². The van der Waals surface area contributed by atoms with Crippen LogP contribution < -0.4 is 5.32 Å². The normalized spacial score (nSPS) is 11.9. The summed E-state index contributed by atoms with van der Waals surface area (Å²) >= 11 is 0. The third-order valence-electron chi connectivity index (χ3n) is 1.88. The second kappa shape index (κ2) is 4.55. The molecule has 0 atom stereocenters. The molecule has 0 amide bonds. The number of hydrogen-bond donors (Lipinski definition) is 1. The van der Waals surface area contributed by atoms with Crippen molar-refractivity contribution in [2.24, 2.45) is 5.92 Å². The minimum atomic E-state index is -4.36. The number of alkyl halides is 3. The third-order valence-corrected chi connectivity index (χ3v) is 1.88. The van der Waals surface area contributed by atoms with Crippen LogP contribution in [-0.2, 0) is 6.42 Å². The lowest BCUT2D eigenvalue weighted by molar-refractivity contribution is -0.0999. The van der Waals surface area contributed by atoms with Crippen molar-refractivity contribution in [3.8, 4) is 0 Å². The Balaban J connectivity index is 2.64. The molecule has 0 bridgehead atoms. The van der Waals surface area contributed by atoms with Crippen molar-refractivity contribution in [2.75, 3.05) is 5.32 Å². The Hall–Kier alpha value is -1.19. The van der Waals surface area contributed by atoms with Gasteiger partial charge in [0.1, 0.15) is 0 Å². The molecule has 15 heavy (non-hydrogen) atoms. The van der Waals surface area contributed by atoms with Crippen molar-refractivity contribution in [1.29, 1.82) is 0 Å². The van der Waals surface area contributed by atoms with Crippen molar-refractivity contribution in [3.05, 3.63) is 29.8 Å². The van der Waals surface area contributed by atoms with Gasteiger partial charge in [-0.1, -0.05) is 26.0 Å². The van der Waals surface area contributed by atoms with E-state index in [1.165, 1.54) is 17.4 Å². The molecule has 0 heterocycles. The van der Waals surface area contributed by atoms with Gasteiger partial charge in [0.25, 0.3) is 0 Å². The Morgan fingerprint density at radius 2 is 1.67 bits per heavy atom. The van der Waals surface area contributed by atoms with E-state index in [1.807, 2.05) is 0 Å². The highest BCUT2D eigenvalue weighted by Crippen LogP contribution is 2.20. The molecule has 4 heteroatoms. The Morgan fingerprint density at radius 3 is 2.07 bits per heavy atom. The molecule has 0 saturated heterocycles. The van der Waals surface area contributed by atoms with Crippen molar-refractivity contribution in [3.63, 3.8) is 0 Å². The molecule has 0 unspecified atom stereocenters. The zero-order valence-electron chi connectivity index (χ0n) is 8.73. The van der Waals surface area contributed by atoms with Crippen LogP contribution in [0.1, 0.15) is 19.4 Å². The van der Waals surface area contributed by atoms with Crippen LogP contribution in [0.5, 0.6) is 0 Å². The van der Waals surface area contributed by atoms with Crippen LogP contribution in [0.4, 0.5) is 18.9 Å². The number of hydrogen-bond acceptors (Lipinski definition) is 1. The molecule has 0 spiro atoms. The molecular weight excluding hydrogens is 203 g/mol. The average molecular weight is 217 g/mol. The highest BCUT2D eigenvalue weighted by molar-refractivity contribution is 5.45. The van der Waals surface area contributed by atoms with E-state index < -0.39 is 6.30 Å². The first-order valence-corrected chi connectivity index (χ1v) is 4.80. The summed E-state index contributed by atoms with van der Waals surface area (Å²) < 4.78 is 35.8. The van der Waals surface area contributed by atoms with Gasteiger partial charge in [0.2, 0.25) is 0 Å². The molecule has 0 aromatic heterocycles. The fourth-order valence-electron chi connectivity index (χ4n) is 1.36. The number of halogens is 3. The molecule has 0 radical (unpaired) electrons. The van der Waals surface area contributed by atoms with Gasteiger partial charge in [0.15, 0.2) is 0 Å². The van der Waals surface area contributed by atoms with Crippen LogP contribution in [-0.4, -0.2) is 6.30 Å². The number of anilines is 1. The van der Waals surface area contributed by atoms with Crippen molar-refractivity contribution < 1.29 is 13.2 Å². The first kappa shape index (κ1) is 11.9. The molecule has 0 fully saturated rings. The van der Waals surface area contributed by atoms with E-state index in [2.05, 4.69) is 13.8 Å². The summed E-state index contributed by atoms with van der Waals surface area (Å²) in [7, 11) is 0. The minimum Gasteiger partial charge on any atom is -0.298 e. The molecule has 84 valence electrons. The lowest BCUT2D eigenvalue weighted by Crippen LogP contribution is -2.20. The molecule has 1 aromatic rings. The van der Waals surface area contributed by atoms with E-state index in [4.69, 9.17) is 0 Å². The van der Waals surface area contributed by atoms with Gasteiger partial charge in [-0.2, -0.15) is 13.2 Å². The second-order valence-corrected chi connectivity index (χ2v) is 3.92. The van der Waals surface area contributed by atoms with Crippen LogP contribution >= 0.6 is 0 Å². The number of rotatable bonds is 3. The predicted octanol–water partition coefficient (Wildman–Crippen LogP) is 3.82. The Bertz CT molecular complexity index is 301. The molecular formula is C11H14F3N. The fraction of sp³-hybridized carbons (Fsp3) is 0.455. The van der Waals surface area contributed by atoms with E-state index in [0.717, 1.165) is 12.0 Å². The molecule has 1 N–H and O–H groups in total. The maximum Gasteiger partial charge on any atom is 0.482 e. The first-order chi connectivity index (χ1) is 6.87. The average Bonchev–Trinajstić information content (AvgIpc) is 2.05. The first-order valence-electron chi connectivity index (χ1n) is 4.80. The maximum absolute atomic E-state index is 11.9. The van der Waals surface area contributed by atoms with Crippen LogP contribution in [0.2, 0.25) is 0 Å². The van der Waals surface area contributed by atoms with Crippen LogP contribution in [0.15, 0.2) is 24.3 Å². The molecule has 0 aliphatic heterocycles. The molecule has 1 nitrogen and oxygen atoms in total. The van der Waals surface area contributed by atoms with Crippen LogP contribution in [0, 0.1) is 5.92 Å². The van der Waals surface area contributed by atoms with Gasteiger partial charge in [0.05, 0.1) is 0 Å². The summed E-state index contributed by atoms with van der Waals surface area (Å²) in [6, 6.07) is 6.33. The highest BCUT2D eigenvalue weighted by atomic mass is 19.4. The third kappa shape index (κ3) is 4.72. The largest absolute Gasteiger partial charge is 0.482 e. The van der Waals surface area contributed by atoms with Gasteiger partial charge < -0.3 is 0 Å². The SMILES string of the molecule is CC(C)Cc1ccc(NC(F)(F)F)cc1. The van der Waals surface area contributed by atoms with E-state index in [-0.39, 0.29) is 5.69 Å². The topological polar surface area (TPSA) is 12.0 Å². The number of benzene rings is 1. The van der Waals surface area contributed by atoms with Gasteiger partial charge in [-0.3, -0.25) is 5.32 Å².